The van der Waals surface area contributed by atoms with E-state index in [9.17, 15) is 8.42 Å². The normalized spacial score (nSPS) is 11.5. The number of aromatic nitrogens is 3. The number of sulfonamides is 1. The van der Waals surface area contributed by atoms with Gasteiger partial charge in [0, 0.05) is 25.5 Å². The molecule has 0 aliphatic rings. The number of pyridine rings is 1. The molecular formula is C11H14N4O2S. The van der Waals surface area contributed by atoms with Gasteiger partial charge in [-0.3, -0.25) is 14.4 Å². The Morgan fingerprint density at radius 2 is 2.06 bits per heavy atom. The van der Waals surface area contributed by atoms with Crippen molar-refractivity contribution in [1.29, 1.82) is 0 Å². The van der Waals surface area contributed by atoms with E-state index in [1.165, 1.54) is 10.9 Å². The largest absolute Gasteiger partial charge is 0.264 e. The van der Waals surface area contributed by atoms with E-state index in [1.807, 2.05) is 0 Å². The minimum Gasteiger partial charge on any atom is -0.264 e. The molecule has 7 heteroatoms. The van der Waals surface area contributed by atoms with Gasteiger partial charge in [0.05, 0.1) is 5.69 Å². The van der Waals surface area contributed by atoms with Gasteiger partial charge in [-0.25, -0.2) is 8.42 Å². The van der Waals surface area contributed by atoms with Gasteiger partial charge in [0.1, 0.15) is 10.7 Å². The first-order chi connectivity index (χ1) is 8.40. The van der Waals surface area contributed by atoms with E-state index in [2.05, 4.69) is 14.8 Å². The first-order valence-corrected chi connectivity index (χ1v) is 6.82. The van der Waals surface area contributed by atoms with Crippen molar-refractivity contribution >= 4 is 15.8 Å². The SMILES string of the molecule is Cc1cc(NS(=O)(=O)c2cnccc2C)n(C)n1. The molecule has 0 atom stereocenters. The van der Waals surface area contributed by atoms with Crippen molar-refractivity contribution in [2.45, 2.75) is 18.7 Å². The van der Waals surface area contributed by atoms with Crippen molar-refractivity contribution in [3.8, 4) is 0 Å². The molecule has 96 valence electrons. The summed E-state index contributed by atoms with van der Waals surface area (Å²) in [5.41, 5.74) is 1.40. The van der Waals surface area contributed by atoms with E-state index in [-0.39, 0.29) is 4.90 Å². The van der Waals surface area contributed by atoms with Crippen molar-refractivity contribution in [1.82, 2.24) is 14.8 Å². The minimum atomic E-state index is -3.63. The van der Waals surface area contributed by atoms with E-state index in [0.717, 1.165) is 5.69 Å². The van der Waals surface area contributed by atoms with Crippen LogP contribution in [0, 0.1) is 13.8 Å². The monoisotopic (exact) mass is 266 g/mol. The lowest BCUT2D eigenvalue weighted by Crippen LogP contribution is -2.16. The highest BCUT2D eigenvalue weighted by molar-refractivity contribution is 7.92. The Hall–Kier alpha value is -1.89. The molecule has 2 aromatic rings. The highest BCUT2D eigenvalue weighted by Gasteiger charge is 2.18. The van der Waals surface area contributed by atoms with Crippen LogP contribution < -0.4 is 4.72 Å². The summed E-state index contributed by atoms with van der Waals surface area (Å²) in [6.45, 7) is 3.53. The maximum atomic E-state index is 12.2. The molecule has 1 N–H and O–H groups in total. The minimum absolute atomic E-state index is 0.170. The third-order valence-corrected chi connectivity index (χ3v) is 4.01. The molecule has 2 heterocycles. The predicted molar refractivity (Wildman–Crippen MR) is 67.7 cm³/mol. The summed E-state index contributed by atoms with van der Waals surface area (Å²) < 4.78 is 28.4. The first-order valence-electron chi connectivity index (χ1n) is 5.34. The maximum absolute atomic E-state index is 12.2. The molecule has 0 saturated carbocycles. The summed E-state index contributed by atoms with van der Waals surface area (Å²) in [7, 11) is -1.95. The zero-order valence-corrected chi connectivity index (χ0v) is 11.2. The summed E-state index contributed by atoms with van der Waals surface area (Å²) in [6.07, 6.45) is 2.89. The zero-order chi connectivity index (χ0) is 13.3. The van der Waals surface area contributed by atoms with Crippen LogP contribution in [0.3, 0.4) is 0 Å². The highest BCUT2D eigenvalue weighted by Crippen LogP contribution is 2.18. The number of hydrogen-bond acceptors (Lipinski definition) is 4. The smallest absolute Gasteiger partial charge is 0.264 e. The molecule has 0 bridgehead atoms. The van der Waals surface area contributed by atoms with Gasteiger partial charge >= 0.3 is 0 Å². The molecule has 0 aromatic carbocycles. The van der Waals surface area contributed by atoms with Crippen molar-refractivity contribution in [2.24, 2.45) is 7.05 Å². The zero-order valence-electron chi connectivity index (χ0n) is 10.4. The van der Waals surface area contributed by atoms with E-state index in [1.54, 1.807) is 39.2 Å². The first kappa shape index (κ1) is 12.6. The van der Waals surface area contributed by atoms with Gasteiger partial charge in [0.15, 0.2) is 0 Å². The summed E-state index contributed by atoms with van der Waals surface area (Å²) in [4.78, 5) is 4.01. The maximum Gasteiger partial charge on any atom is 0.264 e. The second-order valence-corrected chi connectivity index (χ2v) is 5.69. The molecule has 0 unspecified atom stereocenters. The average molecular weight is 266 g/mol. The lowest BCUT2D eigenvalue weighted by atomic mass is 10.3. The molecule has 18 heavy (non-hydrogen) atoms. The Bertz CT molecular complexity index is 676. The van der Waals surface area contributed by atoms with Crippen LogP contribution in [0.5, 0.6) is 0 Å². The van der Waals surface area contributed by atoms with E-state index >= 15 is 0 Å². The standard InChI is InChI=1S/C11H14N4O2S/c1-8-4-5-12-7-10(8)18(16,17)14-11-6-9(2)13-15(11)3/h4-7,14H,1-3H3. The molecule has 0 amide bonds. The number of anilines is 1. The molecule has 0 spiro atoms. The quantitative estimate of drug-likeness (QED) is 0.906. The Morgan fingerprint density at radius 3 is 2.61 bits per heavy atom. The Balaban J connectivity index is 2.39. The second-order valence-electron chi connectivity index (χ2n) is 4.04. The topological polar surface area (TPSA) is 76.9 Å². The number of nitrogens with one attached hydrogen (secondary N) is 1. The third kappa shape index (κ3) is 2.35. The molecule has 0 saturated heterocycles. The van der Waals surface area contributed by atoms with Crippen LogP contribution in [-0.2, 0) is 17.1 Å². The molecule has 0 aliphatic heterocycles. The molecule has 6 nitrogen and oxygen atoms in total. The van der Waals surface area contributed by atoms with E-state index < -0.39 is 10.0 Å². The van der Waals surface area contributed by atoms with Crippen molar-refractivity contribution < 1.29 is 8.42 Å². The van der Waals surface area contributed by atoms with E-state index in [0.29, 0.717) is 11.4 Å². The number of rotatable bonds is 3. The number of hydrogen-bond donors (Lipinski definition) is 1. The predicted octanol–water partition coefficient (Wildman–Crippen LogP) is 1.23. The van der Waals surface area contributed by atoms with E-state index in [4.69, 9.17) is 0 Å². The summed E-state index contributed by atoms with van der Waals surface area (Å²) in [6, 6.07) is 3.33. The van der Waals surface area contributed by atoms with Gasteiger partial charge in [-0.05, 0) is 25.5 Å². The van der Waals surface area contributed by atoms with Crippen LogP contribution in [0.4, 0.5) is 5.82 Å². The Kier molecular flexibility index (Phi) is 3.08. The Labute approximate surface area is 106 Å². The number of aryl methyl sites for hydroxylation is 3. The molecule has 0 radical (unpaired) electrons. The van der Waals surface area contributed by atoms with Crippen molar-refractivity contribution in [2.75, 3.05) is 4.72 Å². The third-order valence-electron chi connectivity index (χ3n) is 2.52. The van der Waals surface area contributed by atoms with Crippen molar-refractivity contribution in [3.63, 3.8) is 0 Å². The Morgan fingerprint density at radius 1 is 1.33 bits per heavy atom. The fourth-order valence-corrected chi connectivity index (χ4v) is 2.90. The summed E-state index contributed by atoms with van der Waals surface area (Å²) in [5, 5.41) is 4.09. The van der Waals surface area contributed by atoms with Crippen LogP contribution in [0.25, 0.3) is 0 Å². The summed E-state index contributed by atoms with van der Waals surface area (Å²) >= 11 is 0. The van der Waals surface area contributed by atoms with Crippen LogP contribution >= 0.6 is 0 Å². The lowest BCUT2D eigenvalue weighted by molar-refractivity contribution is 0.599. The molecular weight excluding hydrogens is 252 g/mol. The second kappa shape index (κ2) is 4.41. The van der Waals surface area contributed by atoms with Gasteiger partial charge in [-0.15, -0.1) is 0 Å². The van der Waals surface area contributed by atoms with Crippen molar-refractivity contribution in [3.05, 3.63) is 35.8 Å². The summed E-state index contributed by atoms with van der Waals surface area (Å²) in [5.74, 6) is 0.427. The molecule has 2 rings (SSSR count). The molecule has 0 fully saturated rings. The van der Waals surface area contributed by atoms with Crippen LogP contribution in [0.1, 0.15) is 11.3 Å². The average Bonchev–Trinajstić information content (AvgIpc) is 2.57. The lowest BCUT2D eigenvalue weighted by Gasteiger charge is -2.09. The van der Waals surface area contributed by atoms with Gasteiger partial charge in [0.25, 0.3) is 10.0 Å². The van der Waals surface area contributed by atoms with Gasteiger partial charge in [0.2, 0.25) is 0 Å². The van der Waals surface area contributed by atoms with Gasteiger partial charge < -0.3 is 0 Å². The number of nitrogens with zero attached hydrogens (tertiary/aromatic N) is 3. The molecule has 2 aromatic heterocycles. The fourth-order valence-electron chi connectivity index (χ4n) is 1.63. The van der Waals surface area contributed by atoms with Crippen LogP contribution in [0.15, 0.2) is 29.4 Å². The van der Waals surface area contributed by atoms with Gasteiger partial charge in [-0.1, -0.05) is 0 Å². The molecule has 0 aliphatic carbocycles. The van der Waals surface area contributed by atoms with Crippen LogP contribution in [0.2, 0.25) is 0 Å². The van der Waals surface area contributed by atoms with Crippen LogP contribution in [-0.4, -0.2) is 23.2 Å². The van der Waals surface area contributed by atoms with Gasteiger partial charge in [-0.2, -0.15) is 5.10 Å². The highest BCUT2D eigenvalue weighted by atomic mass is 32.2. The fraction of sp³-hybridized carbons (Fsp3) is 0.273.